The van der Waals surface area contributed by atoms with Crippen molar-refractivity contribution < 1.29 is 14.4 Å². The number of hydrogen-bond donors (Lipinski definition) is 2. The van der Waals surface area contributed by atoms with E-state index in [9.17, 15) is 14.4 Å². The zero-order valence-corrected chi connectivity index (χ0v) is 15.3. The van der Waals surface area contributed by atoms with Crippen molar-refractivity contribution in [1.82, 2.24) is 0 Å². The largest absolute Gasteiger partial charge is 0.326 e. The van der Waals surface area contributed by atoms with Crippen molar-refractivity contribution in [2.75, 3.05) is 22.6 Å². The molecular formula is C19H19N3O3S. The molecule has 26 heavy (non-hydrogen) atoms. The van der Waals surface area contributed by atoms with E-state index in [1.807, 2.05) is 24.3 Å². The van der Waals surface area contributed by atoms with Gasteiger partial charge in [0, 0.05) is 36.7 Å². The molecule has 0 saturated heterocycles. The van der Waals surface area contributed by atoms with Crippen LogP contribution in [-0.4, -0.2) is 30.0 Å². The summed E-state index contributed by atoms with van der Waals surface area (Å²) in [5.74, 6) is -0.464. The van der Waals surface area contributed by atoms with E-state index in [4.69, 9.17) is 0 Å². The number of amides is 3. The van der Waals surface area contributed by atoms with Gasteiger partial charge in [-0.25, -0.2) is 0 Å². The highest BCUT2D eigenvalue weighted by Crippen LogP contribution is 2.36. The van der Waals surface area contributed by atoms with Gasteiger partial charge in [0.05, 0.1) is 10.9 Å². The first-order valence-electron chi connectivity index (χ1n) is 8.15. The number of rotatable bonds is 4. The number of para-hydroxylation sites is 1. The molecule has 1 atom stereocenters. The molecule has 3 amide bonds. The Morgan fingerprint density at radius 1 is 1.15 bits per heavy atom. The van der Waals surface area contributed by atoms with E-state index in [0.29, 0.717) is 5.69 Å². The summed E-state index contributed by atoms with van der Waals surface area (Å²) in [7, 11) is 1.69. The van der Waals surface area contributed by atoms with Gasteiger partial charge in [-0.3, -0.25) is 14.4 Å². The van der Waals surface area contributed by atoms with Crippen LogP contribution in [0.5, 0.6) is 0 Å². The summed E-state index contributed by atoms with van der Waals surface area (Å²) in [5, 5.41) is 5.16. The molecule has 0 saturated carbocycles. The molecule has 1 unspecified atom stereocenters. The Labute approximate surface area is 156 Å². The van der Waals surface area contributed by atoms with Crippen LogP contribution in [-0.2, 0) is 14.4 Å². The van der Waals surface area contributed by atoms with E-state index in [0.717, 1.165) is 16.3 Å². The number of carbonyl (C=O) groups is 3. The molecule has 134 valence electrons. The maximum absolute atomic E-state index is 12.3. The molecule has 2 aromatic carbocycles. The van der Waals surface area contributed by atoms with Crippen LogP contribution in [0, 0.1) is 0 Å². The summed E-state index contributed by atoms with van der Waals surface area (Å²) in [5.41, 5.74) is 2.15. The van der Waals surface area contributed by atoms with Crippen molar-refractivity contribution in [3.63, 3.8) is 0 Å². The molecule has 0 bridgehead atoms. The van der Waals surface area contributed by atoms with Gasteiger partial charge < -0.3 is 15.5 Å². The normalized spacial score (nSPS) is 15.6. The molecule has 2 aromatic rings. The second kappa shape index (κ2) is 7.61. The number of carbonyl (C=O) groups excluding carboxylic acids is 3. The number of benzene rings is 2. The molecule has 6 nitrogen and oxygen atoms in total. The first-order chi connectivity index (χ1) is 12.4. The van der Waals surface area contributed by atoms with Crippen LogP contribution in [0.4, 0.5) is 17.1 Å². The van der Waals surface area contributed by atoms with E-state index in [1.54, 1.807) is 31.3 Å². The lowest BCUT2D eigenvalue weighted by Gasteiger charge is -2.23. The average Bonchev–Trinajstić information content (AvgIpc) is 2.62. The molecule has 0 radical (unpaired) electrons. The molecule has 2 N–H and O–H groups in total. The Morgan fingerprint density at radius 2 is 1.85 bits per heavy atom. The maximum Gasteiger partial charge on any atom is 0.238 e. The van der Waals surface area contributed by atoms with Gasteiger partial charge in [-0.2, -0.15) is 0 Å². The molecule has 7 heteroatoms. The van der Waals surface area contributed by atoms with Gasteiger partial charge in [0.2, 0.25) is 17.7 Å². The van der Waals surface area contributed by atoms with Crippen molar-refractivity contribution in [2.24, 2.45) is 0 Å². The third-order valence-corrected chi connectivity index (χ3v) is 5.36. The number of anilines is 3. The van der Waals surface area contributed by atoms with Crippen molar-refractivity contribution in [1.29, 1.82) is 0 Å². The van der Waals surface area contributed by atoms with Gasteiger partial charge in [-0.05, 0) is 36.4 Å². The van der Waals surface area contributed by atoms with Gasteiger partial charge in [-0.15, -0.1) is 11.8 Å². The van der Waals surface area contributed by atoms with E-state index >= 15 is 0 Å². The molecule has 0 aliphatic carbocycles. The summed E-state index contributed by atoms with van der Waals surface area (Å²) in [6.45, 7) is 1.49. The zero-order valence-electron chi connectivity index (χ0n) is 14.5. The van der Waals surface area contributed by atoms with Crippen LogP contribution in [0.15, 0.2) is 53.4 Å². The summed E-state index contributed by atoms with van der Waals surface area (Å²) >= 11 is 1.40. The lowest BCUT2D eigenvalue weighted by molar-refractivity contribution is -0.120. The van der Waals surface area contributed by atoms with Gasteiger partial charge in [0.15, 0.2) is 0 Å². The summed E-state index contributed by atoms with van der Waals surface area (Å²) in [6.07, 6.45) is 0.0833. The Morgan fingerprint density at radius 3 is 2.54 bits per heavy atom. The number of hydrogen-bond acceptors (Lipinski definition) is 4. The third-order valence-electron chi connectivity index (χ3n) is 4.09. The van der Waals surface area contributed by atoms with Crippen molar-refractivity contribution in [2.45, 2.75) is 23.5 Å². The van der Waals surface area contributed by atoms with Crippen molar-refractivity contribution >= 4 is 46.5 Å². The topological polar surface area (TPSA) is 78.5 Å². The fourth-order valence-electron chi connectivity index (χ4n) is 2.56. The first kappa shape index (κ1) is 18.0. The molecule has 0 aromatic heterocycles. The summed E-state index contributed by atoms with van der Waals surface area (Å²) < 4.78 is 0. The molecule has 0 fully saturated rings. The van der Waals surface area contributed by atoms with Crippen molar-refractivity contribution in [3.05, 3.63) is 48.5 Å². The van der Waals surface area contributed by atoms with Crippen LogP contribution in [0.25, 0.3) is 0 Å². The lowest BCUT2D eigenvalue weighted by Crippen LogP contribution is -2.32. The van der Waals surface area contributed by atoms with Crippen LogP contribution in [0.2, 0.25) is 0 Å². The van der Waals surface area contributed by atoms with Crippen LogP contribution in [0.1, 0.15) is 13.3 Å². The smallest absolute Gasteiger partial charge is 0.238 e. The Balaban J connectivity index is 1.61. The van der Waals surface area contributed by atoms with Crippen molar-refractivity contribution in [3.8, 4) is 0 Å². The Hall–Kier alpha value is -2.80. The zero-order chi connectivity index (χ0) is 18.7. The SMILES string of the molecule is CC(=O)N(C)c1ccc(NC(=O)CC2Sc3ccccc3NC2=O)cc1. The highest BCUT2D eigenvalue weighted by molar-refractivity contribution is 8.01. The summed E-state index contributed by atoms with van der Waals surface area (Å²) in [4.78, 5) is 38.3. The minimum atomic E-state index is -0.465. The lowest BCUT2D eigenvalue weighted by atomic mass is 10.2. The molecule has 1 aliphatic heterocycles. The van der Waals surface area contributed by atoms with Gasteiger partial charge >= 0.3 is 0 Å². The second-order valence-electron chi connectivity index (χ2n) is 5.97. The molecular weight excluding hydrogens is 350 g/mol. The maximum atomic E-state index is 12.3. The fraction of sp³-hybridized carbons (Fsp3) is 0.211. The third kappa shape index (κ3) is 4.05. The number of nitrogens with zero attached hydrogens (tertiary/aromatic N) is 1. The van der Waals surface area contributed by atoms with E-state index < -0.39 is 5.25 Å². The van der Waals surface area contributed by atoms with Gasteiger partial charge in [-0.1, -0.05) is 12.1 Å². The first-order valence-corrected chi connectivity index (χ1v) is 9.03. The second-order valence-corrected chi connectivity index (χ2v) is 7.21. The molecule has 0 spiro atoms. The van der Waals surface area contributed by atoms with E-state index in [2.05, 4.69) is 10.6 Å². The molecule has 1 heterocycles. The van der Waals surface area contributed by atoms with E-state index in [-0.39, 0.29) is 24.1 Å². The minimum absolute atomic E-state index is 0.0672. The molecule has 1 aliphatic rings. The van der Waals surface area contributed by atoms with Gasteiger partial charge in [0.25, 0.3) is 0 Å². The predicted octanol–water partition coefficient (Wildman–Crippen LogP) is 3.11. The Kier molecular flexibility index (Phi) is 5.27. The minimum Gasteiger partial charge on any atom is -0.326 e. The fourth-order valence-corrected chi connectivity index (χ4v) is 3.67. The molecule has 3 rings (SSSR count). The number of thioether (sulfide) groups is 1. The van der Waals surface area contributed by atoms with Crippen LogP contribution >= 0.6 is 11.8 Å². The standard InChI is InChI=1S/C19H19N3O3S/c1-12(23)22(2)14-9-7-13(8-10-14)20-18(24)11-17-19(25)21-15-5-3-4-6-16(15)26-17/h3-10,17H,11H2,1-2H3,(H,20,24)(H,21,25). The highest BCUT2D eigenvalue weighted by atomic mass is 32.2. The van der Waals surface area contributed by atoms with Crippen LogP contribution in [0.3, 0.4) is 0 Å². The van der Waals surface area contributed by atoms with Crippen LogP contribution < -0.4 is 15.5 Å². The number of fused-ring (bicyclic) bond motifs is 1. The Bertz CT molecular complexity index is 851. The van der Waals surface area contributed by atoms with Gasteiger partial charge in [0.1, 0.15) is 0 Å². The average molecular weight is 369 g/mol. The quantitative estimate of drug-likeness (QED) is 0.868. The summed E-state index contributed by atoms with van der Waals surface area (Å²) in [6, 6.07) is 14.5. The van der Waals surface area contributed by atoms with E-state index in [1.165, 1.54) is 23.6 Å². The monoisotopic (exact) mass is 369 g/mol. The number of nitrogens with one attached hydrogen (secondary N) is 2. The highest BCUT2D eigenvalue weighted by Gasteiger charge is 2.28. The predicted molar refractivity (Wildman–Crippen MR) is 103 cm³/mol.